The molecular formula is C15H20BrNO2. The van der Waals surface area contributed by atoms with Crippen molar-refractivity contribution in [2.24, 2.45) is 5.92 Å². The Kier molecular flexibility index (Phi) is 4.50. The molecule has 0 bridgehead atoms. The minimum atomic E-state index is -0.573. The van der Waals surface area contributed by atoms with Crippen molar-refractivity contribution in [1.29, 1.82) is 0 Å². The summed E-state index contributed by atoms with van der Waals surface area (Å²) < 4.78 is 6.29. The first-order valence-electron chi connectivity index (χ1n) is 6.79. The van der Waals surface area contributed by atoms with E-state index in [9.17, 15) is 4.79 Å². The van der Waals surface area contributed by atoms with Gasteiger partial charge in [0, 0.05) is 10.2 Å². The van der Waals surface area contributed by atoms with E-state index >= 15 is 0 Å². The molecule has 0 aromatic heterocycles. The van der Waals surface area contributed by atoms with E-state index in [-0.39, 0.29) is 11.9 Å². The molecule has 19 heavy (non-hydrogen) atoms. The summed E-state index contributed by atoms with van der Waals surface area (Å²) in [6, 6.07) is 7.91. The van der Waals surface area contributed by atoms with Crippen molar-refractivity contribution in [3.63, 3.8) is 0 Å². The summed E-state index contributed by atoms with van der Waals surface area (Å²) in [7, 11) is 0. The van der Waals surface area contributed by atoms with E-state index in [1.807, 2.05) is 31.2 Å². The molecule has 0 aliphatic heterocycles. The standard InChI is InChI=1S/C15H20BrNO2/c1-3-19-14(18)15(9-5-6-11(15)2)17-13-8-4-7-12(16)10-13/h4,7-8,10-11,17H,3,5-6,9H2,1-2H3. The van der Waals surface area contributed by atoms with Crippen molar-refractivity contribution in [1.82, 2.24) is 0 Å². The third-order valence-electron chi connectivity index (χ3n) is 3.88. The molecule has 2 unspecified atom stereocenters. The number of hydrogen-bond acceptors (Lipinski definition) is 3. The van der Waals surface area contributed by atoms with Crippen LogP contribution in [0, 0.1) is 5.92 Å². The second-order valence-corrected chi connectivity index (χ2v) is 6.04. The Morgan fingerprint density at radius 2 is 2.37 bits per heavy atom. The number of halogens is 1. The van der Waals surface area contributed by atoms with Crippen LogP contribution in [0.3, 0.4) is 0 Å². The largest absolute Gasteiger partial charge is 0.464 e. The van der Waals surface area contributed by atoms with Gasteiger partial charge in [0.25, 0.3) is 0 Å². The van der Waals surface area contributed by atoms with Gasteiger partial charge in [0.15, 0.2) is 0 Å². The van der Waals surface area contributed by atoms with Crippen molar-refractivity contribution in [2.75, 3.05) is 11.9 Å². The molecule has 3 nitrogen and oxygen atoms in total. The lowest BCUT2D eigenvalue weighted by Gasteiger charge is -2.33. The van der Waals surface area contributed by atoms with Gasteiger partial charge in [-0.1, -0.05) is 35.3 Å². The predicted molar refractivity (Wildman–Crippen MR) is 80.1 cm³/mol. The summed E-state index contributed by atoms with van der Waals surface area (Å²) in [5.41, 5.74) is 0.382. The highest BCUT2D eigenvalue weighted by atomic mass is 79.9. The zero-order valence-corrected chi connectivity index (χ0v) is 13.0. The van der Waals surface area contributed by atoms with Crippen molar-refractivity contribution in [3.05, 3.63) is 28.7 Å². The van der Waals surface area contributed by atoms with Crippen LogP contribution < -0.4 is 5.32 Å². The van der Waals surface area contributed by atoms with Gasteiger partial charge in [0.1, 0.15) is 5.54 Å². The molecule has 104 valence electrons. The van der Waals surface area contributed by atoms with Crippen LogP contribution in [0.5, 0.6) is 0 Å². The first kappa shape index (κ1) is 14.4. The molecule has 4 heteroatoms. The lowest BCUT2D eigenvalue weighted by atomic mass is 9.88. The van der Waals surface area contributed by atoms with E-state index in [0.717, 1.165) is 29.4 Å². The quantitative estimate of drug-likeness (QED) is 0.851. The van der Waals surface area contributed by atoms with E-state index in [0.29, 0.717) is 6.61 Å². The number of carbonyl (C=O) groups excluding carboxylic acids is 1. The minimum absolute atomic E-state index is 0.125. The first-order chi connectivity index (χ1) is 9.08. The summed E-state index contributed by atoms with van der Waals surface area (Å²) in [6.07, 6.45) is 2.94. The van der Waals surface area contributed by atoms with Crippen LogP contribution in [0.1, 0.15) is 33.1 Å². The minimum Gasteiger partial charge on any atom is -0.464 e. The summed E-state index contributed by atoms with van der Waals surface area (Å²) in [5, 5.41) is 3.42. The van der Waals surface area contributed by atoms with E-state index in [1.165, 1.54) is 0 Å². The maximum absolute atomic E-state index is 12.4. The third kappa shape index (κ3) is 2.94. The number of hydrogen-bond donors (Lipinski definition) is 1. The fourth-order valence-electron chi connectivity index (χ4n) is 2.80. The lowest BCUT2D eigenvalue weighted by molar-refractivity contribution is -0.149. The van der Waals surface area contributed by atoms with Crippen molar-refractivity contribution < 1.29 is 9.53 Å². The zero-order valence-electron chi connectivity index (χ0n) is 11.4. The van der Waals surface area contributed by atoms with Crippen LogP contribution in [0.2, 0.25) is 0 Å². The number of benzene rings is 1. The fourth-order valence-corrected chi connectivity index (χ4v) is 3.20. The predicted octanol–water partition coefficient (Wildman–Crippen LogP) is 3.98. The van der Waals surface area contributed by atoms with Crippen molar-refractivity contribution in [2.45, 2.75) is 38.6 Å². The Morgan fingerprint density at radius 1 is 1.58 bits per heavy atom. The Balaban J connectivity index is 2.26. The molecule has 2 rings (SSSR count). The van der Waals surface area contributed by atoms with Crippen LogP contribution in [0.4, 0.5) is 5.69 Å². The van der Waals surface area contributed by atoms with Crippen LogP contribution in [0.25, 0.3) is 0 Å². The Labute approximate surface area is 122 Å². The van der Waals surface area contributed by atoms with E-state index < -0.39 is 5.54 Å². The van der Waals surface area contributed by atoms with Gasteiger partial charge in [-0.25, -0.2) is 4.79 Å². The highest BCUT2D eigenvalue weighted by molar-refractivity contribution is 9.10. The van der Waals surface area contributed by atoms with E-state index in [1.54, 1.807) is 0 Å². The van der Waals surface area contributed by atoms with E-state index in [4.69, 9.17) is 4.74 Å². The van der Waals surface area contributed by atoms with Crippen LogP contribution in [-0.4, -0.2) is 18.1 Å². The molecule has 0 radical (unpaired) electrons. The average molecular weight is 326 g/mol. The smallest absolute Gasteiger partial charge is 0.332 e. The van der Waals surface area contributed by atoms with Gasteiger partial charge in [-0.3, -0.25) is 0 Å². The third-order valence-corrected chi connectivity index (χ3v) is 4.37. The zero-order chi connectivity index (χ0) is 13.9. The summed E-state index contributed by atoms with van der Waals surface area (Å²) in [4.78, 5) is 12.4. The van der Waals surface area contributed by atoms with Crippen molar-refractivity contribution >= 4 is 27.6 Å². The van der Waals surface area contributed by atoms with Gasteiger partial charge in [0.2, 0.25) is 0 Å². The molecule has 1 N–H and O–H groups in total. The van der Waals surface area contributed by atoms with Gasteiger partial charge in [-0.15, -0.1) is 0 Å². The van der Waals surface area contributed by atoms with E-state index in [2.05, 4.69) is 28.2 Å². The van der Waals surface area contributed by atoms with Crippen LogP contribution >= 0.6 is 15.9 Å². The SMILES string of the molecule is CCOC(=O)C1(Nc2cccc(Br)c2)CCCC1C. The molecular weight excluding hydrogens is 306 g/mol. The molecule has 0 spiro atoms. The normalized spacial score (nSPS) is 26.2. The number of ether oxygens (including phenoxy) is 1. The summed E-state index contributed by atoms with van der Waals surface area (Å²) >= 11 is 3.46. The maximum Gasteiger partial charge on any atom is 0.332 e. The first-order valence-corrected chi connectivity index (χ1v) is 7.59. The van der Waals surface area contributed by atoms with Crippen molar-refractivity contribution in [3.8, 4) is 0 Å². The van der Waals surface area contributed by atoms with Gasteiger partial charge < -0.3 is 10.1 Å². The average Bonchev–Trinajstić information content (AvgIpc) is 2.72. The van der Waals surface area contributed by atoms with Gasteiger partial charge in [-0.2, -0.15) is 0 Å². The molecule has 0 amide bonds. The maximum atomic E-state index is 12.4. The molecule has 1 saturated carbocycles. The second-order valence-electron chi connectivity index (χ2n) is 5.12. The molecule has 0 saturated heterocycles. The topological polar surface area (TPSA) is 38.3 Å². The van der Waals surface area contributed by atoms with Gasteiger partial charge in [0.05, 0.1) is 6.61 Å². The van der Waals surface area contributed by atoms with Gasteiger partial charge >= 0.3 is 5.97 Å². The molecule has 2 atom stereocenters. The number of anilines is 1. The molecule has 1 aliphatic carbocycles. The summed E-state index contributed by atoms with van der Waals surface area (Å²) in [6.45, 7) is 4.40. The Bertz CT molecular complexity index is 463. The highest BCUT2D eigenvalue weighted by Crippen LogP contribution is 2.39. The molecule has 1 aromatic rings. The van der Waals surface area contributed by atoms with Crippen LogP contribution in [0.15, 0.2) is 28.7 Å². The lowest BCUT2D eigenvalue weighted by Crippen LogP contribution is -2.49. The number of carbonyl (C=O) groups is 1. The number of nitrogens with one attached hydrogen (secondary N) is 1. The number of esters is 1. The van der Waals surface area contributed by atoms with Crippen LogP contribution in [-0.2, 0) is 9.53 Å². The monoisotopic (exact) mass is 325 g/mol. The van der Waals surface area contributed by atoms with Gasteiger partial charge in [-0.05, 0) is 43.9 Å². The number of rotatable bonds is 4. The summed E-state index contributed by atoms with van der Waals surface area (Å²) in [5.74, 6) is 0.158. The second kappa shape index (κ2) is 5.95. The fraction of sp³-hybridized carbons (Fsp3) is 0.533. The Hall–Kier alpha value is -1.03. The highest BCUT2D eigenvalue weighted by Gasteiger charge is 2.48. The Morgan fingerprint density at radius 3 is 2.95 bits per heavy atom. The molecule has 1 aromatic carbocycles. The molecule has 1 fully saturated rings. The molecule has 0 heterocycles. The molecule has 1 aliphatic rings.